The molecule has 0 spiro atoms. The van der Waals surface area contributed by atoms with E-state index >= 15 is 0 Å². The zero-order valence-corrected chi connectivity index (χ0v) is 16.1. The third-order valence-electron chi connectivity index (χ3n) is 5.28. The molecular weight excluding hydrogens is 338 g/mol. The predicted molar refractivity (Wildman–Crippen MR) is 107 cm³/mol. The zero-order valence-electron chi connectivity index (χ0n) is 16.1. The van der Waals surface area contributed by atoms with Gasteiger partial charge in [-0.25, -0.2) is 4.98 Å². The third-order valence-corrected chi connectivity index (χ3v) is 5.28. The molecule has 1 fully saturated rings. The molecule has 0 aromatic carbocycles. The standard InChI is InChI=1S/C20H27N7/c1-4-7-26-13-17(15(3)24-26)12-25-8-5-6-16(11-25)18-10-19(21)27-20(22-18)9-14(2)23-27/h4,9-10,13,16H,1,5-8,11-12,21H2,2-3H3/t16-/m0/s1. The number of hydrogen-bond acceptors (Lipinski definition) is 5. The molecule has 0 bridgehead atoms. The molecule has 3 aromatic rings. The highest BCUT2D eigenvalue weighted by atomic mass is 15.3. The van der Waals surface area contributed by atoms with Gasteiger partial charge in [0.05, 0.1) is 23.6 Å². The van der Waals surface area contributed by atoms with Gasteiger partial charge in [-0.05, 0) is 33.2 Å². The van der Waals surface area contributed by atoms with Gasteiger partial charge in [0.1, 0.15) is 5.82 Å². The van der Waals surface area contributed by atoms with Crippen LogP contribution in [0.5, 0.6) is 0 Å². The van der Waals surface area contributed by atoms with E-state index in [0.717, 1.165) is 61.7 Å². The maximum atomic E-state index is 6.21. The van der Waals surface area contributed by atoms with Gasteiger partial charge >= 0.3 is 0 Å². The quantitative estimate of drug-likeness (QED) is 0.704. The fourth-order valence-electron chi connectivity index (χ4n) is 3.96. The van der Waals surface area contributed by atoms with E-state index in [9.17, 15) is 0 Å². The van der Waals surface area contributed by atoms with Crippen molar-refractivity contribution in [2.24, 2.45) is 0 Å². The van der Waals surface area contributed by atoms with Crippen molar-refractivity contribution >= 4 is 11.5 Å². The first-order valence-corrected chi connectivity index (χ1v) is 9.52. The van der Waals surface area contributed by atoms with Gasteiger partial charge in [-0.1, -0.05) is 6.08 Å². The smallest absolute Gasteiger partial charge is 0.157 e. The molecule has 3 aromatic heterocycles. The van der Waals surface area contributed by atoms with Gasteiger partial charge in [-0.2, -0.15) is 14.7 Å². The number of likely N-dealkylation sites (tertiary alicyclic amines) is 1. The van der Waals surface area contributed by atoms with E-state index in [1.807, 2.05) is 29.8 Å². The van der Waals surface area contributed by atoms with Crippen LogP contribution in [0.1, 0.15) is 41.4 Å². The summed E-state index contributed by atoms with van der Waals surface area (Å²) in [5.74, 6) is 1.05. The van der Waals surface area contributed by atoms with E-state index < -0.39 is 0 Å². The van der Waals surface area contributed by atoms with Gasteiger partial charge < -0.3 is 5.73 Å². The zero-order chi connectivity index (χ0) is 19.0. The molecule has 0 amide bonds. The van der Waals surface area contributed by atoms with Crippen molar-refractivity contribution in [2.75, 3.05) is 18.8 Å². The fourth-order valence-corrected chi connectivity index (χ4v) is 3.96. The first kappa shape index (κ1) is 17.7. The van der Waals surface area contributed by atoms with Crippen molar-refractivity contribution in [3.63, 3.8) is 0 Å². The van der Waals surface area contributed by atoms with E-state index in [1.165, 1.54) is 5.56 Å². The number of fused-ring (bicyclic) bond motifs is 1. The van der Waals surface area contributed by atoms with Crippen LogP contribution in [0.15, 0.2) is 31.0 Å². The van der Waals surface area contributed by atoms with Crippen LogP contribution in [0, 0.1) is 13.8 Å². The number of piperidine rings is 1. The van der Waals surface area contributed by atoms with Gasteiger partial charge in [0.15, 0.2) is 5.65 Å². The first-order valence-electron chi connectivity index (χ1n) is 9.52. The fraction of sp³-hybridized carbons (Fsp3) is 0.450. The molecule has 27 heavy (non-hydrogen) atoms. The summed E-state index contributed by atoms with van der Waals surface area (Å²) in [6.07, 6.45) is 6.31. The molecule has 0 saturated carbocycles. The molecule has 7 heteroatoms. The summed E-state index contributed by atoms with van der Waals surface area (Å²) in [4.78, 5) is 7.33. The second-order valence-corrected chi connectivity index (χ2v) is 7.49. The Bertz CT molecular complexity index is 968. The number of nitrogens with zero attached hydrogens (tertiary/aromatic N) is 6. The molecule has 2 N–H and O–H groups in total. The Kier molecular flexibility index (Phi) is 4.70. The van der Waals surface area contributed by atoms with Crippen LogP contribution in [0.4, 0.5) is 5.82 Å². The molecule has 4 heterocycles. The number of aryl methyl sites for hydroxylation is 2. The lowest BCUT2D eigenvalue weighted by Gasteiger charge is -2.32. The van der Waals surface area contributed by atoms with Crippen molar-refractivity contribution in [3.8, 4) is 0 Å². The molecule has 0 aliphatic carbocycles. The Hall–Kier alpha value is -2.67. The molecule has 0 unspecified atom stereocenters. The molecule has 7 nitrogen and oxygen atoms in total. The van der Waals surface area contributed by atoms with Crippen LogP contribution >= 0.6 is 0 Å². The largest absolute Gasteiger partial charge is 0.384 e. The second-order valence-electron chi connectivity index (χ2n) is 7.49. The number of anilines is 1. The predicted octanol–water partition coefficient (Wildman–Crippen LogP) is 2.69. The Morgan fingerprint density at radius 2 is 2.15 bits per heavy atom. The third kappa shape index (κ3) is 3.60. The van der Waals surface area contributed by atoms with E-state index in [1.54, 1.807) is 4.52 Å². The Morgan fingerprint density at radius 1 is 1.30 bits per heavy atom. The Balaban J connectivity index is 1.52. The topological polar surface area (TPSA) is 77.3 Å². The lowest BCUT2D eigenvalue weighted by Crippen LogP contribution is -2.34. The minimum absolute atomic E-state index is 0.393. The molecule has 142 valence electrons. The highest BCUT2D eigenvalue weighted by molar-refractivity contribution is 5.48. The lowest BCUT2D eigenvalue weighted by atomic mass is 9.94. The summed E-state index contributed by atoms with van der Waals surface area (Å²) in [7, 11) is 0. The monoisotopic (exact) mass is 365 g/mol. The summed E-state index contributed by atoms with van der Waals surface area (Å²) >= 11 is 0. The minimum Gasteiger partial charge on any atom is -0.384 e. The summed E-state index contributed by atoms with van der Waals surface area (Å²) in [6, 6.07) is 3.97. The summed E-state index contributed by atoms with van der Waals surface area (Å²) in [5, 5.41) is 8.97. The van der Waals surface area contributed by atoms with Crippen LogP contribution in [0.3, 0.4) is 0 Å². The van der Waals surface area contributed by atoms with Crippen molar-refractivity contribution < 1.29 is 0 Å². The molecule has 4 rings (SSSR count). The molecule has 1 aliphatic rings. The Labute approximate surface area is 159 Å². The van der Waals surface area contributed by atoms with E-state index in [2.05, 4.69) is 34.8 Å². The lowest BCUT2D eigenvalue weighted by molar-refractivity contribution is 0.198. The molecule has 1 saturated heterocycles. The van der Waals surface area contributed by atoms with E-state index in [4.69, 9.17) is 10.7 Å². The van der Waals surface area contributed by atoms with Crippen molar-refractivity contribution in [1.82, 2.24) is 29.3 Å². The average Bonchev–Trinajstić information content (AvgIpc) is 3.18. The van der Waals surface area contributed by atoms with Crippen LogP contribution < -0.4 is 5.73 Å². The first-order chi connectivity index (χ1) is 13.0. The second kappa shape index (κ2) is 7.15. The number of allylic oxidation sites excluding steroid dienone is 1. The summed E-state index contributed by atoms with van der Waals surface area (Å²) in [6.45, 7) is 11.6. The van der Waals surface area contributed by atoms with Gasteiger partial charge in [-0.3, -0.25) is 9.58 Å². The van der Waals surface area contributed by atoms with Gasteiger partial charge in [0.25, 0.3) is 0 Å². The molecule has 0 radical (unpaired) electrons. The number of aromatic nitrogens is 5. The highest BCUT2D eigenvalue weighted by Crippen LogP contribution is 2.28. The van der Waals surface area contributed by atoms with Crippen LogP contribution in [-0.4, -0.2) is 42.4 Å². The van der Waals surface area contributed by atoms with Crippen LogP contribution in [0.25, 0.3) is 5.65 Å². The summed E-state index contributed by atoms with van der Waals surface area (Å²) in [5.41, 5.74) is 11.4. The maximum Gasteiger partial charge on any atom is 0.157 e. The summed E-state index contributed by atoms with van der Waals surface area (Å²) < 4.78 is 3.67. The van der Waals surface area contributed by atoms with E-state index in [-0.39, 0.29) is 0 Å². The number of rotatable bonds is 5. The molecule has 1 aliphatic heterocycles. The minimum atomic E-state index is 0.393. The van der Waals surface area contributed by atoms with E-state index in [0.29, 0.717) is 11.7 Å². The number of nitrogens with two attached hydrogens (primary N) is 1. The highest BCUT2D eigenvalue weighted by Gasteiger charge is 2.24. The van der Waals surface area contributed by atoms with Crippen molar-refractivity contribution in [3.05, 3.63) is 53.6 Å². The number of nitrogen functional groups attached to an aromatic ring is 1. The molecule has 1 atom stereocenters. The average molecular weight is 365 g/mol. The van der Waals surface area contributed by atoms with Crippen molar-refractivity contribution in [2.45, 2.75) is 45.7 Å². The van der Waals surface area contributed by atoms with Gasteiger partial charge in [-0.15, -0.1) is 6.58 Å². The Morgan fingerprint density at radius 3 is 2.96 bits per heavy atom. The van der Waals surface area contributed by atoms with Crippen LogP contribution in [0.2, 0.25) is 0 Å². The van der Waals surface area contributed by atoms with Gasteiger partial charge in [0, 0.05) is 42.9 Å². The van der Waals surface area contributed by atoms with Crippen molar-refractivity contribution in [1.29, 1.82) is 0 Å². The SMILES string of the molecule is C=CCn1cc(CN2CCC[C@H](c3cc(N)n4nc(C)cc4n3)C2)c(C)n1. The maximum absolute atomic E-state index is 6.21. The van der Waals surface area contributed by atoms with Gasteiger partial charge in [0.2, 0.25) is 0 Å². The normalized spacial score (nSPS) is 18.2. The number of hydrogen-bond donors (Lipinski definition) is 1. The molecular formula is C20H27N7. The van der Waals surface area contributed by atoms with Crippen LogP contribution in [-0.2, 0) is 13.1 Å².